The van der Waals surface area contributed by atoms with E-state index in [0.29, 0.717) is 23.6 Å². The monoisotopic (exact) mass is 261 g/mol. The van der Waals surface area contributed by atoms with Gasteiger partial charge in [0, 0.05) is 12.1 Å². The van der Waals surface area contributed by atoms with Gasteiger partial charge in [-0.3, -0.25) is 0 Å². The largest absolute Gasteiger partial charge is 0.311 e. The summed E-state index contributed by atoms with van der Waals surface area (Å²) in [6.45, 7) is 4.44. The molecule has 1 aliphatic heterocycles. The minimum atomic E-state index is -2.72. The highest BCUT2D eigenvalue weighted by atomic mass is 32.2. The van der Waals surface area contributed by atoms with E-state index in [4.69, 9.17) is 0 Å². The van der Waals surface area contributed by atoms with Gasteiger partial charge >= 0.3 is 0 Å². The first kappa shape index (κ1) is 15.0. The van der Waals surface area contributed by atoms with E-state index < -0.39 is 9.84 Å². The van der Waals surface area contributed by atoms with Gasteiger partial charge in [-0.15, -0.1) is 0 Å². The van der Waals surface area contributed by atoms with Crippen LogP contribution in [0.2, 0.25) is 0 Å². The molecular formula is C13H27NO2S. The fourth-order valence-electron chi connectivity index (χ4n) is 2.42. The molecule has 0 amide bonds. The van der Waals surface area contributed by atoms with Crippen molar-refractivity contribution in [3.8, 4) is 0 Å². The van der Waals surface area contributed by atoms with Crippen LogP contribution < -0.4 is 5.32 Å². The third-order valence-electron chi connectivity index (χ3n) is 3.57. The highest BCUT2D eigenvalue weighted by molar-refractivity contribution is 7.91. The molecule has 0 radical (unpaired) electrons. The van der Waals surface area contributed by atoms with Gasteiger partial charge in [-0.2, -0.15) is 0 Å². The van der Waals surface area contributed by atoms with E-state index in [1.54, 1.807) is 0 Å². The van der Waals surface area contributed by atoms with Crippen LogP contribution in [0.25, 0.3) is 0 Å². The molecule has 1 aliphatic rings. The molecule has 102 valence electrons. The van der Waals surface area contributed by atoms with Crippen LogP contribution in [0.1, 0.15) is 58.8 Å². The Hall–Kier alpha value is -0.0900. The molecule has 3 nitrogen and oxygen atoms in total. The lowest BCUT2D eigenvalue weighted by atomic mass is 10.1. The molecule has 0 aromatic carbocycles. The van der Waals surface area contributed by atoms with Crippen LogP contribution in [-0.4, -0.2) is 32.0 Å². The van der Waals surface area contributed by atoms with Gasteiger partial charge in [0.15, 0.2) is 0 Å². The van der Waals surface area contributed by atoms with Crippen molar-refractivity contribution in [2.45, 2.75) is 70.9 Å². The first-order chi connectivity index (χ1) is 8.03. The summed E-state index contributed by atoms with van der Waals surface area (Å²) >= 11 is 0. The first-order valence-corrected chi connectivity index (χ1v) is 8.82. The second-order valence-corrected chi connectivity index (χ2v) is 7.65. The van der Waals surface area contributed by atoms with Gasteiger partial charge in [0.05, 0.1) is 11.5 Å². The Morgan fingerprint density at radius 1 is 1.18 bits per heavy atom. The Balaban J connectivity index is 2.12. The Morgan fingerprint density at radius 2 is 1.82 bits per heavy atom. The first-order valence-electron chi connectivity index (χ1n) is 7.00. The van der Waals surface area contributed by atoms with Crippen molar-refractivity contribution in [1.29, 1.82) is 0 Å². The van der Waals surface area contributed by atoms with Crippen LogP contribution >= 0.6 is 0 Å². The molecule has 1 atom stereocenters. The van der Waals surface area contributed by atoms with Crippen molar-refractivity contribution in [2.24, 2.45) is 0 Å². The number of sulfone groups is 1. The highest BCUT2D eigenvalue weighted by Gasteiger charge is 2.23. The Kier molecular flexibility index (Phi) is 6.49. The lowest BCUT2D eigenvalue weighted by Crippen LogP contribution is -2.41. The van der Waals surface area contributed by atoms with E-state index in [1.807, 2.05) is 0 Å². The third kappa shape index (κ3) is 6.41. The normalized spacial score (nSPS) is 22.5. The van der Waals surface area contributed by atoms with Crippen molar-refractivity contribution < 1.29 is 8.42 Å². The van der Waals surface area contributed by atoms with Crippen molar-refractivity contribution in [2.75, 3.05) is 11.5 Å². The zero-order chi connectivity index (χ0) is 12.7. The van der Waals surface area contributed by atoms with Crippen LogP contribution in [0.3, 0.4) is 0 Å². The van der Waals surface area contributed by atoms with Crippen molar-refractivity contribution in [1.82, 2.24) is 5.32 Å². The molecule has 0 spiro atoms. The standard InChI is InChI=1S/C13H27NO2S/c1-3-4-5-6-7-12(2)14-13-8-10-17(15,16)11-9-13/h12-14H,3-11H2,1-2H3. The maximum absolute atomic E-state index is 11.3. The molecule has 0 aromatic heterocycles. The molecule has 0 saturated carbocycles. The molecule has 1 unspecified atom stereocenters. The summed E-state index contributed by atoms with van der Waals surface area (Å²) in [5.74, 6) is 0.737. The SMILES string of the molecule is CCCCCCC(C)NC1CCS(=O)(=O)CC1. The van der Waals surface area contributed by atoms with E-state index in [-0.39, 0.29) is 0 Å². The second-order valence-electron chi connectivity index (χ2n) is 5.34. The molecule has 0 aliphatic carbocycles. The van der Waals surface area contributed by atoms with E-state index in [1.165, 1.54) is 32.1 Å². The average molecular weight is 261 g/mol. The fourth-order valence-corrected chi connectivity index (χ4v) is 3.91. The number of unbranched alkanes of at least 4 members (excludes halogenated alkanes) is 3. The lowest BCUT2D eigenvalue weighted by Gasteiger charge is -2.26. The summed E-state index contributed by atoms with van der Waals surface area (Å²) in [5.41, 5.74) is 0. The zero-order valence-corrected chi connectivity index (χ0v) is 12.1. The fraction of sp³-hybridized carbons (Fsp3) is 1.00. The Labute approximate surface area is 106 Å². The molecule has 4 heteroatoms. The molecule has 1 rings (SSSR count). The van der Waals surface area contributed by atoms with E-state index in [9.17, 15) is 8.42 Å². The maximum Gasteiger partial charge on any atom is 0.150 e. The molecule has 0 bridgehead atoms. The van der Waals surface area contributed by atoms with E-state index in [0.717, 1.165) is 12.8 Å². The van der Waals surface area contributed by atoms with Gasteiger partial charge in [0.2, 0.25) is 0 Å². The summed E-state index contributed by atoms with van der Waals surface area (Å²) in [6, 6.07) is 0.942. The Bertz CT molecular complexity index is 287. The molecule has 1 fully saturated rings. The van der Waals surface area contributed by atoms with Crippen LogP contribution in [0.15, 0.2) is 0 Å². The summed E-state index contributed by atoms with van der Waals surface area (Å²) in [4.78, 5) is 0. The van der Waals surface area contributed by atoms with Crippen LogP contribution in [-0.2, 0) is 9.84 Å². The van der Waals surface area contributed by atoms with Gasteiger partial charge in [-0.25, -0.2) is 8.42 Å². The predicted octanol–water partition coefficient (Wildman–Crippen LogP) is 2.51. The van der Waals surface area contributed by atoms with Crippen molar-refractivity contribution in [3.63, 3.8) is 0 Å². The maximum atomic E-state index is 11.3. The van der Waals surface area contributed by atoms with Crippen molar-refractivity contribution in [3.05, 3.63) is 0 Å². The van der Waals surface area contributed by atoms with Crippen molar-refractivity contribution >= 4 is 9.84 Å². The summed E-state index contributed by atoms with van der Waals surface area (Å²) in [7, 11) is -2.72. The quantitative estimate of drug-likeness (QED) is 0.716. The van der Waals surface area contributed by atoms with Gasteiger partial charge in [-0.05, 0) is 26.2 Å². The number of rotatable bonds is 7. The Morgan fingerprint density at radius 3 is 2.41 bits per heavy atom. The summed E-state index contributed by atoms with van der Waals surface area (Å²) in [5, 5.41) is 3.57. The second kappa shape index (κ2) is 7.37. The molecule has 1 saturated heterocycles. The zero-order valence-electron chi connectivity index (χ0n) is 11.2. The number of hydrogen-bond donors (Lipinski definition) is 1. The van der Waals surface area contributed by atoms with Gasteiger partial charge < -0.3 is 5.32 Å². The lowest BCUT2D eigenvalue weighted by molar-refractivity contribution is 0.390. The average Bonchev–Trinajstić information content (AvgIpc) is 2.28. The summed E-state index contributed by atoms with van der Waals surface area (Å²) < 4.78 is 22.6. The van der Waals surface area contributed by atoms with Gasteiger partial charge in [0.1, 0.15) is 9.84 Å². The number of nitrogens with one attached hydrogen (secondary N) is 1. The minimum absolute atomic E-state index is 0.368. The van der Waals surface area contributed by atoms with E-state index in [2.05, 4.69) is 19.2 Å². The summed E-state index contributed by atoms with van der Waals surface area (Å²) in [6.07, 6.45) is 8.01. The molecule has 17 heavy (non-hydrogen) atoms. The predicted molar refractivity (Wildman–Crippen MR) is 73.0 cm³/mol. The third-order valence-corrected chi connectivity index (χ3v) is 5.28. The van der Waals surface area contributed by atoms with Crippen LogP contribution in [0.5, 0.6) is 0 Å². The smallest absolute Gasteiger partial charge is 0.150 e. The van der Waals surface area contributed by atoms with Gasteiger partial charge in [-0.1, -0.05) is 32.6 Å². The van der Waals surface area contributed by atoms with Crippen LogP contribution in [0.4, 0.5) is 0 Å². The molecule has 1 heterocycles. The molecular weight excluding hydrogens is 234 g/mol. The van der Waals surface area contributed by atoms with E-state index >= 15 is 0 Å². The molecule has 1 N–H and O–H groups in total. The topological polar surface area (TPSA) is 46.2 Å². The van der Waals surface area contributed by atoms with Gasteiger partial charge in [0.25, 0.3) is 0 Å². The molecule has 0 aromatic rings. The highest BCUT2D eigenvalue weighted by Crippen LogP contribution is 2.14. The minimum Gasteiger partial charge on any atom is -0.311 e. The number of hydrogen-bond acceptors (Lipinski definition) is 3. The van der Waals surface area contributed by atoms with Crippen LogP contribution in [0, 0.1) is 0 Å².